The topological polar surface area (TPSA) is 29.5 Å². The Balaban J connectivity index is 2.54. The van der Waals surface area contributed by atoms with Crippen LogP contribution in [0.15, 0.2) is 0 Å². The van der Waals surface area contributed by atoms with Gasteiger partial charge in [-0.1, -0.05) is 6.92 Å². The summed E-state index contributed by atoms with van der Waals surface area (Å²) in [6, 6.07) is 0. The first-order chi connectivity index (χ1) is 5.87. The van der Waals surface area contributed by atoms with Crippen molar-refractivity contribution >= 4 is 0 Å². The Kier molecular flexibility index (Phi) is 3.03. The van der Waals surface area contributed by atoms with Gasteiger partial charge in [0, 0.05) is 5.41 Å². The summed E-state index contributed by atoms with van der Waals surface area (Å²) in [5, 5.41) is 10.1. The summed E-state index contributed by atoms with van der Waals surface area (Å²) in [5.74, 6) is 0. The fraction of sp³-hybridized carbons (Fsp3) is 1.00. The normalized spacial score (nSPS) is 40.2. The summed E-state index contributed by atoms with van der Waals surface area (Å²) in [4.78, 5) is 0. The zero-order chi connectivity index (χ0) is 10.1. The second-order valence-electron chi connectivity index (χ2n) is 5.05. The van der Waals surface area contributed by atoms with Gasteiger partial charge in [0.05, 0.1) is 18.3 Å². The van der Waals surface area contributed by atoms with Crippen molar-refractivity contribution in [2.45, 2.75) is 58.7 Å². The minimum Gasteiger partial charge on any atom is -0.390 e. The zero-order valence-corrected chi connectivity index (χ0v) is 9.26. The third kappa shape index (κ3) is 2.23. The summed E-state index contributed by atoms with van der Waals surface area (Å²) in [6.07, 6.45) is 3.36. The molecule has 1 N–H and O–H groups in total. The molecule has 1 aliphatic rings. The molecule has 2 unspecified atom stereocenters. The SMILES string of the molecule is CC(C)OCC1(C)CCCC1(C)O. The molecule has 0 aromatic rings. The van der Waals surface area contributed by atoms with Crippen molar-refractivity contribution in [2.24, 2.45) is 5.41 Å². The molecular formula is C11H22O2. The summed E-state index contributed by atoms with van der Waals surface area (Å²) in [5.41, 5.74) is -0.584. The predicted octanol–water partition coefficient (Wildman–Crippen LogP) is 2.35. The van der Waals surface area contributed by atoms with Crippen LogP contribution in [-0.4, -0.2) is 23.4 Å². The van der Waals surface area contributed by atoms with Crippen molar-refractivity contribution in [2.75, 3.05) is 6.61 Å². The molecule has 0 aliphatic heterocycles. The van der Waals surface area contributed by atoms with Crippen LogP contribution in [0.2, 0.25) is 0 Å². The van der Waals surface area contributed by atoms with Gasteiger partial charge in [0.2, 0.25) is 0 Å². The highest BCUT2D eigenvalue weighted by molar-refractivity contribution is 4.98. The third-order valence-electron chi connectivity index (χ3n) is 3.43. The van der Waals surface area contributed by atoms with E-state index in [0.29, 0.717) is 6.61 Å². The minimum absolute atomic E-state index is 0.0444. The first-order valence-electron chi connectivity index (χ1n) is 5.21. The van der Waals surface area contributed by atoms with Crippen molar-refractivity contribution in [3.63, 3.8) is 0 Å². The number of ether oxygens (including phenoxy) is 1. The van der Waals surface area contributed by atoms with Crippen molar-refractivity contribution in [1.82, 2.24) is 0 Å². The molecule has 0 saturated heterocycles. The van der Waals surface area contributed by atoms with Gasteiger partial charge in [-0.25, -0.2) is 0 Å². The van der Waals surface area contributed by atoms with Crippen LogP contribution >= 0.6 is 0 Å². The lowest BCUT2D eigenvalue weighted by molar-refractivity contribution is -0.0913. The fourth-order valence-corrected chi connectivity index (χ4v) is 1.97. The van der Waals surface area contributed by atoms with E-state index in [1.54, 1.807) is 0 Å². The molecule has 0 radical (unpaired) electrons. The van der Waals surface area contributed by atoms with E-state index in [1.807, 2.05) is 20.8 Å². The zero-order valence-electron chi connectivity index (χ0n) is 9.26. The molecule has 2 atom stereocenters. The quantitative estimate of drug-likeness (QED) is 0.733. The van der Waals surface area contributed by atoms with Crippen molar-refractivity contribution < 1.29 is 9.84 Å². The number of hydrogen-bond donors (Lipinski definition) is 1. The second kappa shape index (κ2) is 3.58. The van der Waals surface area contributed by atoms with Gasteiger partial charge in [-0.05, 0) is 40.0 Å². The van der Waals surface area contributed by atoms with Crippen LogP contribution in [0.25, 0.3) is 0 Å². The van der Waals surface area contributed by atoms with E-state index in [2.05, 4.69) is 6.92 Å². The Labute approximate surface area is 81.3 Å². The summed E-state index contributed by atoms with van der Waals surface area (Å²) >= 11 is 0. The average Bonchev–Trinajstić information content (AvgIpc) is 2.24. The molecule has 1 aliphatic carbocycles. The molecule has 0 spiro atoms. The van der Waals surface area contributed by atoms with Crippen LogP contribution in [-0.2, 0) is 4.74 Å². The highest BCUT2D eigenvalue weighted by atomic mass is 16.5. The first-order valence-corrected chi connectivity index (χ1v) is 5.21. The van der Waals surface area contributed by atoms with E-state index in [4.69, 9.17) is 4.74 Å². The van der Waals surface area contributed by atoms with Gasteiger partial charge in [0.1, 0.15) is 0 Å². The molecule has 0 amide bonds. The molecule has 1 fully saturated rings. The average molecular weight is 186 g/mol. The van der Waals surface area contributed by atoms with E-state index in [-0.39, 0.29) is 11.5 Å². The van der Waals surface area contributed by atoms with Crippen molar-refractivity contribution in [1.29, 1.82) is 0 Å². The first kappa shape index (κ1) is 11.0. The number of rotatable bonds is 3. The molecule has 1 rings (SSSR count). The van der Waals surface area contributed by atoms with E-state index in [0.717, 1.165) is 19.3 Å². The van der Waals surface area contributed by atoms with Gasteiger partial charge in [0.15, 0.2) is 0 Å². The Hall–Kier alpha value is -0.0800. The van der Waals surface area contributed by atoms with Gasteiger partial charge in [0.25, 0.3) is 0 Å². The van der Waals surface area contributed by atoms with Gasteiger partial charge in [-0.15, -0.1) is 0 Å². The summed E-state index contributed by atoms with van der Waals surface area (Å²) in [6.45, 7) is 8.81. The molecule has 2 heteroatoms. The van der Waals surface area contributed by atoms with Crippen molar-refractivity contribution in [3.05, 3.63) is 0 Å². The maximum atomic E-state index is 10.1. The van der Waals surface area contributed by atoms with Gasteiger partial charge in [-0.3, -0.25) is 0 Å². The molecule has 0 heterocycles. The molecular weight excluding hydrogens is 164 g/mol. The number of hydrogen-bond acceptors (Lipinski definition) is 2. The Morgan fingerprint density at radius 3 is 2.31 bits per heavy atom. The molecule has 0 bridgehead atoms. The van der Waals surface area contributed by atoms with Crippen LogP contribution in [0, 0.1) is 5.41 Å². The van der Waals surface area contributed by atoms with Gasteiger partial charge >= 0.3 is 0 Å². The van der Waals surface area contributed by atoms with E-state index in [1.165, 1.54) is 0 Å². The van der Waals surface area contributed by atoms with Crippen LogP contribution in [0.5, 0.6) is 0 Å². The third-order valence-corrected chi connectivity index (χ3v) is 3.43. The second-order valence-corrected chi connectivity index (χ2v) is 5.05. The molecule has 0 aromatic carbocycles. The van der Waals surface area contributed by atoms with Crippen molar-refractivity contribution in [3.8, 4) is 0 Å². The molecule has 13 heavy (non-hydrogen) atoms. The largest absolute Gasteiger partial charge is 0.390 e. The smallest absolute Gasteiger partial charge is 0.0695 e. The Morgan fingerprint density at radius 1 is 1.31 bits per heavy atom. The Morgan fingerprint density at radius 2 is 1.92 bits per heavy atom. The molecule has 0 aromatic heterocycles. The summed E-state index contributed by atoms with van der Waals surface area (Å²) < 4.78 is 5.60. The monoisotopic (exact) mass is 186 g/mol. The highest BCUT2D eigenvalue weighted by Gasteiger charge is 2.47. The van der Waals surface area contributed by atoms with E-state index >= 15 is 0 Å². The molecule has 1 saturated carbocycles. The lowest BCUT2D eigenvalue weighted by Gasteiger charge is -2.37. The lowest BCUT2D eigenvalue weighted by Crippen LogP contribution is -2.42. The van der Waals surface area contributed by atoms with Crippen LogP contribution in [0.3, 0.4) is 0 Å². The lowest BCUT2D eigenvalue weighted by atomic mass is 9.78. The van der Waals surface area contributed by atoms with Gasteiger partial charge < -0.3 is 9.84 Å². The van der Waals surface area contributed by atoms with Crippen LogP contribution < -0.4 is 0 Å². The fourth-order valence-electron chi connectivity index (χ4n) is 1.97. The maximum absolute atomic E-state index is 10.1. The number of aliphatic hydroxyl groups is 1. The highest BCUT2D eigenvalue weighted by Crippen LogP contribution is 2.46. The van der Waals surface area contributed by atoms with Crippen LogP contribution in [0.1, 0.15) is 47.0 Å². The van der Waals surface area contributed by atoms with Crippen LogP contribution in [0.4, 0.5) is 0 Å². The van der Waals surface area contributed by atoms with E-state index in [9.17, 15) is 5.11 Å². The predicted molar refractivity (Wildman–Crippen MR) is 53.7 cm³/mol. The Bertz CT molecular complexity index is 175. The standard InChI is InChI=1S/C11H22O2/c1-9(2)13-8-10(3)6-5-7-11(10,4)12/h9,12H,5-8H2,1-4H3. The summed E-state index contributed by atoms with van der Waals surface area (Å²) in [7, 11) is 0. The van der Waals surface area contributed by atoms with E-state index < -0.39 is 5.60 Å². The van der Waals surface area contributed by atoms with Gasteiger partial charge in [-0.2, -0.15) is 0 Å². The maximum Gasteiger partial charge on any atom is 0.0695 e. The molecule has 78 valence electrons. The minimum atomic E-state index is -0.540. The molecule has 2 nitrogen and oxygen atoms in total.